The van der Waals surface area contributed by atoms with Crippen molar-refractivity contribution in [2.75, 3.05) is 11.9 Å². The molecule has 1 aromatic heterocycles. The summed E-state index contributed by atoms with van der Waals surface area (Å²) in [5.74, 6) is -2.32. The highest BCUT2D eigenvalue weighted by atomic mass is 32.1. The van der Waals surface area contributed by atoms with Crippen LogP contribution in [0.25, 0.3) is 0 Å². The third-order valence-corrected chi connectivity index (χ3v) is 3.99. The molecule has 9 heteroatoms. The first-order valence-electron chi connectivity index (χ1n) is 6.76. The Labute approximate surface area is 140 Å². The number of thiophene rings is 1. The molecule has 0 saturated carbocycles. The summed E-state index contributed by atoms with van der Waals surface area (Å²) in [5, 5.41) is 13.0. The SMILES string of the molecule is Cc1cc(C(=O)OCC(=O)Nc2ccc(F)c([N+](=O)[O-])c2)c(C)s1. The Bertz CT molecular complexity index is 818. The first-order valence-corrected chi connectivity index (χ1v) is 7.57. The number of amides is 1. The van der Waals surface area contributed by atoms with Crippen molar-refractivity contribution in [3.05, 3.63) is 55.5 Å². The lowest BCUT2D eigenvalue weighted by Gasteiger charge is -2.06. The smallest absolute Gasteiger partial charge is 0.339 e. The maximum absolute atomic E-state index is 13.2. The van der Waals surface area contributed by atoms with Crippen molar-refractivity contribution >= 4 is 34.6 Å². The van der Waals surface area contributed by atoms with Gasteiger partial charge in [-0.2, -0.15) is 4.39 Å². The molecule has 1 amide bonds. The van der Waals surface area contributed by atoms with Crippen LogP contribution in [0, 0.1) is 29.8 Å². The third-order valence-electron chi connectivity index (χ3n) is 3.02. The van der Waals surface area contributed by atoms with E-state index in [1.165, 1.54) is 17.4 Å². The Hall–Kier alpha value is -2.81. The van der Waals surface area contributed by atoms with Gasteiger partial charge in [0, 0.05) is 21.5 Å². The maximum Gasteiger partial charge on any atom is 0.339 e. The Kier molecular flexibility index (Phi) is 5.24. The second-order valence-electron chi connectivity index (χ2n) is 4.87. The van der Waals surface area contributed by atoms with Crippen molar-refractivity contribution in [1.82, 2.24) is 0 Å². The Balaban J connectivity index is 1.96. The number of hydrogen-bond donors (Lipinski definition) is 1. The van der Waals surface area contributed by atoms with Crippen LogP contribution in [0.5, 0.6) is 0 Å². The van der Waals surface area contributed by atoms with E-state index in [4.69, 9.17) is 4.74 Å². The van der Waals surface area contributed by atoms with Gasteiger partial charge in [-0.3, -0.25) is 14.9 Å². The highest BCUT2D eigenvalue weighted by molar-refractivity contribution is 7.12. The molecule has 0 aliphatic rings. The molecule has 0 aliphatic carbocycles. The molecule has 0 fully saturated rings. The van der Waals surface area contributed by atoms with Gasteiger partial charge in [0.25, 0.3) is 5.91 Å². The summed E-state index contributed by atoms with van der Waals surface area (Å²) in [6, 6.07) is 4.61. The van der Waals surface area contributed by atoms with Gasteiger partial charge in [0.1, 0.15) is 0 Å². The fourth-order valence-electron chi connectivity index (χ4n) is 1.97. The second kappa shape index (κ2) is 7.18. The monoisotopic (exact) mass is 352 g/mol. The lowest BCUT2D eigenvalue weighted by molar-refractivity contribution is -0.387. The number of rotatable bonds is 5. The topological polar surface area (TPSA) is 98.5 Å². The minimum atomic E-state index is -1.01. The predicted octanol–water partition coefficient (Wildman–Crippen LogP) is 3.21. The maximum atomic E-state index is 13.2. The van der Waals surface area contributed by atoms with Crippen LogP contribution in [0.3, 0.4) is 0 Å². The number of nitrogens with zero attached hydrogens (tertiary/aromatic N) is 1. The summed E-state index contributed by atoms with van der Waals surface area (Å²) in [4.78, 5) is 35.1. The fourth-order valence-corrected chi connectivity index (χ4v) is 2.88. The van der Waals surface area contributed by atoms with Gasteiger partial charge in [0.15, 0.2) is 6.61 Å². The minimum Gasteiger partial charge on any atom is -0.452 e. The molecular formula is C15H13FN2O5S. The van der Waals surface area contributed by atoms with Gasteiger partial charge < -0.3 is 10.1 Å². The number of nitro groups is 1. The van der Waals surface area contributed by atoms with Crippen LogP contribution in [0.2, 0.25) is 0 Å². The zero-order valence-corrected chi connectivity index (χ0v) is 13.6. The van der Waals surface area contributed by atoms with Crippen LogP contribution in [-0.4, -0.2) is 23.4 Å². The molecular weight excluding hydrogens is 339 g/mol. The molecule has 0 bridgehead atoms. The lowest BCUT2D eigenvalue weighted by atomic mass is 10.2. The van der Waals surface area contributed by atoms with Crippen molar-refractivity contribution in [1.29, 1.82) is 0 Å². The van der Waals surface area contributed by atoms with Crippen LogP contribution in [-0.2, 0) is 9.53 Å². The van der Waals surface area contributed by atoms with E-state index in [1.807, 2.05) is 6.92 Å². The van der Waals surface area contributed by atoms with Gasteiger partial charge in [0.2, 0.25) is 5.82 Å². The number of benzene rings is 1. The summed E-state index contributed by atoms with van der Waals surface area (Å²) in [7, 11) is 0. The van der Waals surface area contributed by atoms with Crippen LogP contribution >= 0.6 is 11.3 Å². The van der Waals surface area contributed by atoms with E-state index in [0.717, 1.165) is 21.9 Å². The lowest BCUT2D eigenvalue weighted by Crippen LogP contribution is -2.21. The summed E-state index contributed by atoms with van der Waals surface area (Å²) < 4.78 is 18.1. The zero-order valence-electron chi connectivity index (χ0n) is 12.8. The quantitative estimate of drug-likeness (QED) is 0.506. The molecule has 0 aliphatic heterocycles. The number of halogens is 1. The normalized spacial score (nSPS) is 10.3. The second-order valence-corrected chi connectivity index (χ2v) is 6.33. The molecule has 0 saturated heterocycles. The van der Waals surface area contributed by atoms with Gasteiger partial charge in [-0.15, -0.1) is 11.3 Å². The number of aryl methyl sites for hydroxylation is 2. The van der Waals surface area contributed by atoms with E-state index >= 15 is 0 Å². The highest BCUT2D eigenvalue weighted by Gasteiger charge is 2.17. The molecule has 1 N–H and O–H groups in total. The molecule has 0 atom stereocenters. The minimum absolute atomic E-state index is 0.0340. The standard InChI is InChI=1S/C15H13FN2O5S/c1-8-5-11(9(2)24-8)15(20)23-7-14(19)17-10-3-4-12(16)13(6-10)18(21)22/h3-6H,7H2,1-2H3,(H,17,19). The number of esters is 1. The van der Waals surface area contributed by atoms with Gasteiger partial charge in [0.05, 0.1) is 10.5 Å². The molecule has 1 heterocycles. The zero-order chi connectivity index (χ0) is 17.9. The summed E-state index contributed by atoms with van der Waals surface area (Å²) in [6.07, 6.45) is 0. The summed E-state index contributed by atoms with van der Waals surface area (Å²) >= 11 is 1.44. The third kappa shape index (κ3) is 4.13. The Morgan fingerprint density at radius 1 is 1.33 bits per heavy atom. The molecule has 0 spiro atoms. The summed E-state index contributed by atoms with van der Waals surface area (Å²) in [6.45, 7) is 3.06. The van der Waals surface area contributed by atoms with Crippen molar-refractivity contribution in [2.45, 2.75) is 13.8 Å². The number of carbonyl (C=O) groups is 2. The van der Waals surface area contributed by atoms with Crippen molar-refractivity contribution in [3.8, 4) is 0 Å². The van der Waals surface area contributed by atoms with Crippen LogP contribution in [0.4, 0.5) is 15.8 Å². The average molecular weight is 352 g/mol. The Morgan fingerprint density at radius 3 is 2.62 bits per heavy atom. The molecule has 24 heavy (non-hydrogen) atoms. The number of nitrogens with one attached hydrogen (secondary N) is 1. The molecule has 1 aromatic carbocycles. The Morgan fingerprint density at radius 2 is 2.04 bits per heavy atom. The summed E-state index contributed by atoms with van der Waals surface area (Å²) in [5.41, 5.74) is -0.330. The van der Waals surface area contributed by atoms with E-state index in [1.54, 1.807) is 13.0 Å². The van der Waals surface area contributed by atoms with Crippen molar-refractivity contribution in [2.24, 2.45) is 0 Å². The number of ether oxygens (including phenoxy) is 1. The molecule has 126 valence electrons. The van der Waals surface area contributed by atoms with E-state index in [9.17, 15) is 24.1 Å². The number of nitro benzene ring substituents is 1. The molecule has 0 radical (unpaired) electrons. The van der Waals surface area contributed by atoms with Gasteiger partial charge >= 0.3 is 11.7 Å². The van der Waals surface area contributed by atoms with E-state index in [2.05, 4.69) is 5.32 Å². The van der Waals surface area contributed by atoms with Crippen LogP contribution in [0.1, 0.15) is 20.1 Å². The highest BCUT2D eigenvalue weighted by Crippen LogP contribution is 2.22. The van der Waals surface area contributed by atoms with E-state index in [0.29, 0.717) is 5.56 Å². The van der Waals surface area contributed by atoms with E-state index in [-0.39, 0.29) is 5.69 Å². The average Bonchev–Trinajstić information content (AvgIpc) is 2.85. The largest absolute Gasteiger partial charge is 0.452 e. The van der Waals surface area contributed by atoms with Crippen molar-refractivity contribution < 1.29 is 23.6 Å². The molecule has 0 unspecified atom stereocenters. The number of anilines is 1. The predicted molar refractivity (Wildman–Crippen MR) is 85.8 cm³/mol. The van der Waals surface area contributed by atoms with Crippen LogP contribution < -0.4 is 5.32 Å². The van der Waals surface area contributed by atoms with Crippen molar-refractivity contribution in [3.63, 3.8) is 0 Å². The first-order chi connectivity index (χ1) is 11.3. The fraction of sp³-hybridized carbons (Fsp3) is 0.200. The molecule has 2 aromatic rings. The number of carbonyl (C=O) groups excluding carboxylic acids is 2. The molecule has 2 rings (SSSR count). The first kappa shape index (κ1) is 17.5. The van der Waals surface area contributed by atoms with Gasteiger partial charge in [-0.25, -0.2) is 4.79 Å². The number of hydrogen-bond acceptors (Lipinski definition) is 6. The van der Waals surface area contributed by atoms with Gasteiger partial charge in [-0.1, -0.05) is 0 Å². The molecule has 7 nitrogen and oxygen atoms in total. The van der Waals surface area contributed by atoms with Gasteiger partial charge in [-0.05, 0) is 32.0 Å². The van der Waals surface area contributed by atoms with E-state index < -0.39 is 34.9 Å². The van der Waals surface area contributed by atoms with Crippen LogP contribution in [0.15, 0.2) is 24.3 Å².